The molecule has 0 saturated heterocycles. The molecule has 0 radical (unpaired) electrons. The number of hydrogen-bond donors (Lipinski definition) is 1. The van der Waals surface area contributed by atoms with Gasteiger partial charge in [-0.05, 0) is 37.1 Å². The molecule has 0 bridgehead atoms. The van der Waals surface area contributed by atoms with Gasteiger partial charge in [0.1, 0.15) is 5.82 Å². The molecular formula is C19H19BrFNO3. The van der Waals surface area contributed by atoms with Gasteiger partial charge in [0.15, 0.2) is 6.61 Å². The number of esters is 1. The molecule has 2 aromatic rings. The number of hydrogen-bond acceptors (Lipinski definition) is 3. The van der Waals surface area contributed by atoms with E-state index in [0.29, 0.717) is 10.9 Å². The Bertz CT molecular complexity index is 762. The minimum Gasteiger partial charge on any atom is -0.452 e. The predicted molar refractivity (Wildman–Crippen MR) is 96.7 cm³/mol. The second kappa shape index (κ2) is 8.76. The maximum Gasteiger partial charge on any atom is 0.341 e. The summed E-state index contributed by atoms with van der Waals surface area (Å²) >= 11 is 3.16. The fourth-order valence-corrected chi connectivity index (χ4v) is 2.68. The lowest BCUT2D eigenvalue weighted by atomic mass is 10.0. The lowest BCUT2D eigenvalue weighted by molar-refractivity contribution is -0.125. The number of halogens is 2. The maximum atomic E-state index is 13.6. The van der Waals surface area contributed by atoms with Crippen LogP contribution in [-0.2, 0) is 9.53 Å². The highest BCUT2D eigenvalue weighted by atomic mass is 79.9. The smallest absolute Gasteiger partial charge is 0.341 e. The van der Waals surface area contributed by atoms with Crippen LogP contribution in [0.3, 0.4) is 0 Å². The van der Waals surface area contributed by atoms with Gasteiger partial charge >= 0.3 is 5.97 Å². The van der Waals surface area contributed by atoms with E-state index in [4.69, 9.17) is 4.74 Å². The molecule has 132 valence electrons. The van der Waals surface area contributed by atoms with E-state index in [1.807, 2.05) is 38.1 Å². The van der Waals surface area contributed by atoms with Crippen molar-refractivity contribution in [3.05, 3.63) is 69.4 Å². The summed E-state index contributed by atoms with van der Waals surface area (Å²) in [5.41, 5.74) is 1.90. The van der Waals surface area contributed by atoms with Crippen LogP contribution in [0.15, 0.2) is 46.9 Å². The molecule has 1 N–H and O–H groups in total. The van der Waals surface area contributed by atoms with Gasteiger partial charge in [-0.25, -0.2) is 9.18 Å². The van der Waals surface area contributed by atoms with Crippen molar-refractivity contribution in [3.63, 3.8) is 0 Å². The van der Waals surface area contributed by atoms with Gasteiger partial charge in [0.2, 0.25) is 0 Å². The molecule has 25 heavy (non-hydrogen) atoms. The Morgan fingerprint density at radius 3 is 2.52 bits per heavy atom. The molecule has 0 aliphatic rings. The van der Waals surface area contributed by atoms with Crippen molar-refractivity contribution in [2.24, 2.45) is 0 Å². The molecule has 0 aliphatic heterocycles. The fourth-order valence-electron chi connectivity index (χ4n) is 2.32. The number of ether oxygens (including phenoxy) is 1. The molecule has 0 saturated carbocycles. The summed E-state index contributed by atoms with van der Waals surface area (Å²) < 4.78 is 19.1. The molecule has 0 fully saturated rings. The summed E-state index contributed by atoms with van der Waals surface area (Å²) in [6.45, 7) is 3.48. The van der Waals surface area contributed by atoms with E-state index >= 15 is 0 Å². The monoisotopic (exact) mass is 407 g/mol. The number of carbonyl (C=O) groups is 2. The van der Waals surface area contributed by atoms with E-state index in [1.165, 1.54) is 12.1 Å². The van der Waals surface area contributed by atoms with Gasteiger partial charge in [-0.3, -0.25) is 4.79 Å². The minimum atomic E-state index is -0.877. The van der Waals surface area contributed by atoms with E-state index in [9.17, 15) is 14.0 Å². The third-order valence-electron chi connectivity index (χ3n) is 3.71. The second-order valence-electron chi connectivity index (χ2n) is 5.64. The maximum absolute atomic E-state index is 13.6. The summed E-state index contributed by atoms with van der Waals surface area (Å²) in [6.07, 6.45) is 0.697. The van der Waals surface area contributed by atoms with E-state index in [-0.39, 0.29) is 11.6 Å². The largest absolute Gasteiger partial charge is 0.452 e. The van der Waals surface area contributed by atoms with Crippen LogP contribution in [0.25, 0.3) is 0 Å². The number of carbonyl (C=O) groups excluding carboxylic acids is 2. The van der Waals surface area contributed by atoms with Crippen LogP contribution in [0, 0.1) is 12.7 Å². The molecule has 6 heteroatoms. The Morgan fingerprint density at radius 2 is 1.88 bits per heavy atom. The Hall–Kier alpha value is -2.21. The summed E-state index contributed by atoms with van der Waals surface area (Å²) in [6, 6.07) is 11.6. The van der Waals surface area contributed by atoms with Gasteiger partial charge in [-0.15, -0.1) is 0 Å². The molecule has 1 atom stereocenters. The van der Waals surface area contributed by atoms with E-state index in [0.717, 1.165) is 17.2 Å². The van der Waals surface area contributed by atoms with Crippen LogP contribution in [0.2, 0.25) is 0 Å². The van der Waals surface area contributed by atoms with Crippen LogP contribution in [0.4, 0.5) is 4.39 Å². The SMILES string of the molecule is CC[C@H](NC(=O)COC(=O)c1cc(Br)ccc1F)c1ccc(C)cc1. The summed E-state index contributed by atoms with van der Waals surface area (Å²) in [4.78, 5) is 24.0. The molecule has 0 aromatic heterocycles. The van der Waals surface area contributed by atoms with Crippen molar-refractivity contribution < 1.29 is 18.7 Å². The van der Waals surface area contributed by atoms with Gasteiger partial charge in [-0.2, -0.15) is 0 Å². The lowest BCUT2D eigenvalue weighted by Gasteiger charge is -2.17. The molecular weight excluding hydrogens is 389 g/mol. The zero-order chi connectivity index (χ0) is 18.4. The van der Waals surface area contributed by atoms with Crippen LogP contribution < -0.4 is 5.32 Å². The number of rotatable bonds is 6. The van der Waals surface area contributed by atoms with E-state index < -0.39 is 24.3 Å². The first-order valence-electron chi connectivity index (χ1n) is 7.88. The number of amides is 1. The third kappa shape index (κ3) is 5.39. The predicted octanol–water partition coefficient (Wildman–Crippen LogP) is 4.32. The molecule has 4 nitrogen and oxygen atoms in total. The average molecular weight is 408 g/mol. The summed E-state index contributed by atoms with van der Waals surface area (Å²) in [5.74, 6) is -2.01. The van der Waals surface area contributed by atoms with Crippen LogP contribution in [0.1, 0.15) is 40.9 Å². The zero-order valence-corrected chi connectivity index (χ0v) is 15.6. The molecule has 0 spiro atoms. The third-order valence-corrected chi connectivity index (χ3v) is 4.20. The first kappa shape index (κ1) is 19.1. The Labute approximate surface area is 154 Å². The summed E-state index contributed by atoms with van der Waals surface area (Å²) in [7, 11) is 0. The van der Waals surface area contributed by atoms with Crippen molar-refractivity contribution in [1.29, 1.82) is 0 Å². The van der Waals surface area contributed by atoms with Crippen molar-refractivity contribution in [3.8, 4) is 0 Å². The van der Waals surface area contributed by atoms with Gasteiger partial charge in [0.25, 0.3) is 5.91 Å². The minimum absolute atomic E-state index is 0.172. The molecule has 2 rings (SSSR count). The highest BCUT2D eigenvalue weighted by molar-refractivity contribution is 9.10. The van der Waals surface area contributed by atoms with Crippen molar-refractivity contribution in [1.82, 2.24) is 5.32 Å². The highest BCUT2D eigenvalue weighted by Crippen LogP contribution is 2.18. The lowest BCUT2D eigenvalue weighted by Crippen LogP contribution is -2.32. The van der Waals surface area contributed by atoms with Crippen molar-refractivity contribution in [2.45, 2.75) is 26.3 Å². The second-order valence-corrected chi connectivity index (χ2v) is 6.56. The molecule has 0 unspecified atom stereocenters. The Balaban J connectivity index is 1.94. The van der Waals surface area contributed by atoms with Crippen LogP contribution >= 0.6 is 15.9 Å². The molecule has 2 aromatic carbocycles. The number of aryl methyl sites for hydroxylation is 1. The standard InChI is InChI=1S/C19H19BrFNO3/c1-3-17(13-6-4-12(2)5-7-13)22-18(23)11-25-19(24)15-10-14(20)8-9-16(15)21/h4-10,17H,3,11H2,1-2H3,(H,22,23)/t17-/m0/s1. The normalized spacial score (nSPS) is 11.7. The van der Waals surface area contributed by atoms with Crippen LogP contribution in [0.5, 0.6) is 0 Å². The van der Waals surface area contributed by atoms with Gasteiger partial charge < -0.3 is 10.1 Å². The quantitative estimate of drug-likeness (QED) is 0.725. The first-order valence-corrected chi connectivity index (χ1v) is 8.68. The molecule has 1 amide bonds. The fraction of sp³-hybridized carbons (Fsp3) is 0.263. The van der Waals surface area contributed by atoms with Gasteiger partial charge in [-0.1, -0.05) is 52.7 Å². The zero-order valence-electron chi connectivity index (χ0n) is 14.0. The van der Waals surface area contributed by atoms with Crippen LogP contribution in [-0.4, -0.2) is 18.5 Å². The van der Waals surface area contributed by atoms with E-state index in [2.05, 4.69) is 21.2 Å². The highest BCUT2D eigenvalue weighted by Gasteiger charge is 2.17. The molecule has 0 heterocycles. The number of nitrogens with one attached hydrogen (secondary N) is 1. The van der Waals surface area contributed by atoms with Crippen molar-refractivity contribution in [2.75, 3.05) is 6.61 Å². The summed E-state index contributed by atoms with van der Waals surface area (Å²) in [5, 5.41) is 2.82. The number of benzene rings is 2. The van der Waals surface area contributed by atoms with Gasteiger partial charge in [0, 0.05) is 4.47 Å². The Kier molecular flexibility index (Phi) is 6.70. The van der Waals surface area contributed by atoms with Gasteiger partial charge in [0.05, 0.1) is 11.6 Å². The van der Waals surface area contributed by atoms with Crippen molar-refractivity contribution >= 4 is 27.8 Å². The first-order chi connectivity index (χ1) is 11.9. The average Bonchev–Trinajstić information content (AvgIpc) is 2.60. The Morgan fingerprint density at radius 1 is 1.20 bits per heavy atom. The molecule has 0 aliphatic carbocycles. The topological polar surface area (TPSA) is 55.4 Å². The van der Waals surface area contributed by atoms with E-state index in [1.54, 1.807) is 0 Å².